The summed E-state index contributed by atoms with van der Waals surface area (Å²) in [6.07, 6.45) is 0. The van der Waals surface area contributed by atoms with Gasteiger partial charge < -0.3 is 10.1 Å². The number of thiophene rings is 1. The summed E-state index contributed by atoms with van der Waals surface area (Å²) in [5, 5.41) is 13.9. The molecule has 0 spiro atoms. The molecule has 1 aromatic carbocycles. The van der Waals surface area contributed by atoms with Crippen molar-refractivity contribution in [1.82, 2.24) is 5.32 Å². The average molecular weight is 258 g/mol. The van der Waals surface area contributed by atoms with Crippen molar-refractivity contribution in [1.29, 1.82) is 5.26 Å². The highest BCUT2D eigenvalue weighted by Gasteiger charge is 1.98. The fraction of sp³-hybridized carbons (Fsp3) is 0.214. The van der Waals surface area contributed by atoms with Gasteiger partial charge in [-0.3, -0.25) is 0 Å². The van der Waals surface area contributed by atoms with E-state index >= 15 is 0 Å². The van der Waals surface area contributed by atoms with Crippen LogP contribution in [0.1, 0.15) is 10.4 Å². The fourth-order valence-electron chi connectivity index (χ4n) is 1.60. The van der Waals surface area contributed by atoms with Gasteiger partial charge in [-0.1, -0.05) is 18.2 Å². The van der Waals surface area contributed by atoms with E-state index < -0.39 is 0 Å². The minimum atomic E-state index is 0.0894. The number of rotatable bonds is 6. The topological polar surface area (TPSA) is 45.0 Å². The number of hydrogen-bond acceptors (Lipinski definition) is 4. The Morgan fingerprint density at radius 1 is 1.22 bits per heavy atom. The van der Waals surface area contributed by atoms with Crippen LogP contribution in [0.15, 0.2) is 41.8 Å². The molecule has 0 saturated carbocycles. The van der Waals surface area contributed by atoms with E-state index in [2.05, 4.69) is 22.8 Å². The van der Waals surface area contributed by atoms with Crippen LogP contribution in [0.2, 0.25) is 0 Å². The number of hydrogen-bond donors (Lipinski definition) is 1. The summed E-state index contributed by atoms with van der Waals surface area (Å²) in [6, 6.07) is 13.9. The van der Waals surface area contributed by atoms with Gasteiger partial charge in [0.25, 0.3) is 0 Å². The second-order valence-corrected chi connectivity index (χ2v) is 4.81. The van der Waals surface area contributed by atoms with E-state index in [0.717, 1.165) is 24.4 Å². The van der Waals surface area contributed by atoms with E-state index in [1.807, 2.05) is 30.3 Å². The summed E-state index contributed by atoms with van der Waals surface area (Å²) < 4.78 is 5.26. The van der Waals surface area contributed by atoms with Gasteiger partial charge >= 0.3 is 0 Å². The van der Waals surface area contributed by atoms with Gasteiger partial charge in [0.2, 0.25) is 0 Å². The molecule has 0 fully saturated rings. The zero-order chi connectivity index (χ0) is 12.6. The van der Waals surface area contributed by atoms with E-state index in [4.69, 9.17) is 10.00 Å². The molecule has 0 unspecified atom stereocenters. The average Bonchev–Trinajstić information content (AvgIpc) is 2.90. The quantitative estimate of drug-likeness (QED) is 0.866. The minimum absolute atomic E-state index is 0.0894. The molecule has 18 heavy (non-hydrogen) atoms. The van der Waals surface area contributed by atoms with Crippen LogP contribution >= 0.6 is 11.3 Å². The lowest BCUT2D eigenvalue weighted by atomic mass is 10.2. The van der Waals surface area contributed by atoms with Crippen LogP contribution in [-0.2, 0) is 13.1 Å². The molecule has 1 N–H and O–H groups in total. The van der Waals surface area contributed by atoms with Gasteiger partial charge in [0.1, 0.15) is 11.8 Å². The van der Waals surface area contributed by atoms with E-state index in [9.17, 15) is 0 Å². The molecule has 0 aliphatic heterocycles. The molecule has 0 atom stereocenters. The highest BCUT2D eigenvalue weighted by atomic mass is 32.1. The van der Waals surface area contributed by atoms with Crippen molar-refractivity contribution in [3.05, 3.63) is 52.2 Å². The monoisotopic (exact) mass is 258 g/mol. The number of benzene rings is 1. The molecule has 3 nitrogen and oxygen atoms in total. The van der Waals surface area contributed by atoms with Crippen LogP contribution in [0, 0.1) is 11.3 Å². The first-order valence-corrected chi connectivity index (χ1v) is 6.58. The molecule has 92 valence electrons. The van der Waals surface area contributed by atoms with Gasteiger partial charge in [0, 0.05) is 18.0 Å². The summed E-state index contributed by atoms with van der Waals surface area (Å²) >= 11 is 1.75. The van der Waals surface area contributed by atoms with Crippen LogP contribution in [0.25, 0.3) is 0 Å². The lowest BCUT2D eigenvalue weighted by molar-refractivity contribution is 0.367. The normalized spacial score (nSPS) is 9.94. The van der Waals surface area contributed by atoms with Gasteiger partial charge in [-0.25, -0.2) is 0 Å². The first kappa shape index (κ1) is 12.6. The van der Waals surface area contributed by atoms with Gasteiger partial charge in [-0.2, -0.15) is 5.26 Å². The van der Waals surface area contributed by atoms with Crippen LogP contribution < -0.4 is 10.1 Å². The molecule has 0 amide bonds. The van der Waals surface area contributed by atoms with Crippen LogP contribution in [0.5, 0.6) is 5.75 Å². The van der Waals surface area contributed by atoms with Gasteiger partial charge in [-0.15, -0.1) is 11.3 Å². The van der Waals surface area contributed by atoms with Crippen molar-refractivity contribution in [2.24, 2.45) is 0 Å². The fourth-order valence-corrected chi connectivity index (χ4v) is 2.28. The van der Waals surface area contributed by atoms with Crippen molar-refractivity contribution in [2.75, 3.05) is 6.61 Å². The van der Waals surface area contributed by atoms with Crippen molar-refractivity contribution in [2.45, 2.75) is 13.1 Å². The Labute approximate surface area is 111 Å². The predicted octanol–water partition coefficient (Wildman–Crippen LogP) is 2.94. The SMILES string of the molecule is N#CCOc1cccc(CNCc2cccs2)c1. The van der Waals surface area contributed by atoms with Gasteiger partial charge in [0.15, 0.2) is 6.61 Å². The maximum Gasteiger partial charge on any atom is 0.174 e. The Kier molecular flexibility index (Phi) is 4.77. The maximum absolute atomic E-state index is 8.46. The van der Waals surface area contributed by atoms with Crippen LogP contribution in [0.3, 0.4) is 0 Å². The third-order valence-corrected chi connectivity index (χ3v) is 3.29. The van der Waals surface area contributed by atoms with E-state index in [1.54, 1.807) is 11.3 Å². The molecule has 2 rings (SSSR count). The number of ether oxygens (including phenoxy) is 1. The molecule has 0 radical (unpaired) electrons. The molecule has 1 heterocycles. The van der Waals surface area contributed by atoms with Gasteiger partial charge in [-0.05, 0) is 29.1 Å². The second kappa shape index (κ2) is 6.80. The summed E-state index contributed by atoms with van der Waals surface area (Å²) in [7, 11) is 0. The third-order valence-electron chi connectivity index (χ3n) is 2.41. The first-order valence-electron chi connectivity index (χ1n) is 5.70. The molecule has 0 aliphatic carbocycles. The Bertz CT molecular complexity index is 517. The molecule has 0 bridgehead atoms. The van der Waals surface area contributed by atoms with Crippen LogP contribution in [-0.4, -0.2) is 6.61 Å². The van der Waals surface area contributed by atoms with E-state index in [0.29, 0.717) is 0 Å². The molecular weight excluding hydrogens is 244 g/mol. The largest absolute Gasteiger partial charge is 0.479 e. The summed E-state index contributed by atoms with van der Waals surface area (Å²) in [5.41, 5.74) is 1.15. The van der Waals surface area contributed by atoms with Crippen molar-refractivity contribution < 1.29 is 4.74 Å². The highest BCUT2D eigenvalue weighted by Crippen LogP contribution is 2.13. The smallest absolute Gasteiger partial charge is 0.174 e. The lowest BCUT2D eigenvalue weighted by Gasteiger charge is -2.06. The Morgan fingerprint density at radius 2 is 2.17 bits per heavy atom. The standard InChI is InChI=1S/C14H14N2OS/c15-6-7-17-13-4-1-3-12(9-13)10-16-11-14-5-2-8-18-14/h1-5,8-9,16H,7,10-11H2. The van der Waals surface area contributed by atoms with Crippen molar-refractivity contribution in [3.63, 3.8) is 0 Å². The second-order valence-electron chi connectivity index (χ2n) is 3.78. The summed E-state index contributed by atoms with van der Waals surface area (Å²) in [6.45, 7) is 1.76. The van der Waals surface area contributed by atoms with Gasteiger partial charge in [0.05, 0.1) is 0 Å². The third kappa shape index (κ3) is 3.88. The molecule has 4 heteroatoms. The number of nitrogens with one attached hydrogen (secondary N) is 1. The van der Waals surface area contributed by atoms with E-state index in [-0.39, 0.29) is 6.61 Å². The predicted molar refractivity (Wildman–Crippen MR) is 72.4 cm³/mol. The number of nitrogens with zero attached hydrogens (tertiary/aromatic N) is 1. The van der Waals surface area contributed by atoms with Crippen molar-refractivity contribution >= 4 is 11.3 Å². The highest BCUT2D eigenvalue weighted by molar-refractivity contribution is 7.09. The maximum atomic E-state index is 8.46. The molecule has 0 aliphatic rings. The van der Waals surface area contributed by atoms with E-state index in [1.165, 1.54) is 4.88 Å². The van der Waals surface area contributed by atoms with Crippen molar-refractivity contribution in [3.8, 4) is 11.8 Å². The molecule has 0 saturated heterocycles. The van der Waals surface area contributed by atoms with Crippen LogP contribution in [0.4, 0.5) is 0 Å². The lowest BCUT2D eigenvalue weighted by Crippen LogP contribution is -2.11. The Morgan fingerprint density at radius 3 is 2.94 bits per heavy atom. The first-order chi connectivity index (χ1) is 8.88. The zero-order valence-corrected chi connectivity index (χ0v) is 10.7. The Balaban J connectivity index is 1.83. The Hall–Kier alpha value is -1.83. The minimum Gasteiger partial charge on any atom is -0.479 e. The summed E-state index contributed by atoms with van der Waals surface area (Å²) in [5.74, 6) is 0.743. The molecule has 2 aromatic rings. The molecule has 1 aromatic heterocycles. The summed E-state index contributed by atoms with van der Waals surface area (Å²) in [4.78, 5) is 1.33. The number of nitriles is 1. The molecular formula is C14H14N2OS. The zero-order valence-electron chi connectivity index (χ0n) is 9.93.